The number of sulfone groups is 2. The van der Waals surface area contributed by atoms with Crippen molar-refractivity contribution in [3.8, 4) is 0 Å². The first kappa shape index (κ1) is 58.5. The number of benzene rings is 4. The lowest BCUT2D eigenvalue weighted by Crippen LogP contribution is -2.31. The molecule has 0 fully saturated rings. The molecule has 2 atom stereocenters. The van der Waals surface area contributed by atoms with E-state index in [2.05, 4.69) is 9.80 Å². The van der Waals surface area contributed by atoms with Gasteiger partial charge in [0, 0.05) is 97.4 Å². The van der Waals surface area contributed by atoms with Crippen LogP contribution in [0.1, 0.15) is 83.7 Å². The summed E-state index contributed by atoms with van der Waals surface area (Å²) >= 11 is 25.7. The van der Waals surface area contributed by atoms with Gasteiger partial charge in [-0.15, -0.1) is 0 Å². The highest BCUT2D eigenvalue weighted by Gasteiger charge is 2.30. The molecule has 0 amide bonds. The highest BCUT2D eigenvalue weighted by atomic mass is 35.5. The Morgan fingerprint density at radius 3 is 1.22 bits per heavy atom. The third-order valence-electron chi connectivity index (χ3n) is 12.6. The zero-order valence-corrected chi connectivity index (χ0v) is 45.9. The zero-order valence-electron chi connectivity index (χ0n) is 41.3. The molecule has 4 aromatic rings. The molecule has 2 heterocycles. The van der Waals surface area contributed by atoms with Gasteiger partial charge in [-0.05, 0) is 122 Å². The van der Waals surface area contributed by atoms with Crippen LogP contribution in [0.15, 0.2) is 82.6 Å². The fourth-order valence-corrected chi connectivity index (χ4v) is 12.8. The number of rotatable bonds is 32. The van der Waals surface area contributed by atoms with Crippen molar-refractivity contribution in [2.24, 2.45) is 0 Å². The van der Waals surface area contributed by atoms with E-state index in [1.54, 1.807) is 48.5 Å². The second kappa shape index (κ2) is 29.6. The van der Waals surface area contributed by atoms with Crippen molar-refractivity contribution in [2.45, 2.75) is 73.2 Å². The zero-order chi connectivity index (χ0) is 51.5. The lowest BCUT2D eigenvalue weighted by atomic mass is 9.85. The van der Waals surface area contributed by atoms with E-state index < -0.39 is 19.7 Å². The maximum Gasteiger partial charge on any atom is 0.178 e. The standard InChI is InChI=1S/C53H68Cl4N2O11S2/c1-58-35-48(46-31-41(54)33-52(56)50(46)37-58)39-9-3-13-44(29-39)71(61,62)27-7-17-67-21-25-69-23-19-65-15-5-11-43(60)12-6-16-66-20-24-70-26-22-68-18-8-28-72(63,64)45-14-4-10-40(30-45)49-36-59(2)38-51-47(49)32-42(55)34-53(51)57/h3-4,9-10,13-14,29-34,48-49H,5-8,11-12,15-28,35-38H2,1-2H3. The predicted octanol–water partition coefficient (Wildman–Crippen LogP) is 9.71. The molecule has 2 unspecified atom stereocenters. The van der Waals surface area contributed by atoms with Crippen LogP contribution in [0.3, 0.4) is 0 Å². The van der Waals surface area contributed by atoms with E-state index in [0.29, 0.717) is 151 Å². The third-order valence-corrected chi connectivity index (χ3v) is 17.3. The Balaban J connectivity index is 0.703. The molecular formula is C53H68Cl4N2O11S2. The van der Waals surface area contributed by atoms with Crippen LogP contribution < -0.4 is 0 Å². The number of nitrogens with zero attached hydrogens (tertiary/aromatic N) is 2. The van der Waals surface area contributed by atoms with Crippen molar-refractivity contribution in [1.82, 2.24) is 9.80 Å². The highest BCUT2D eigenvalue weighted by Crippen LogP contribution is 2.40. The summed E-state index contributed by atoms with van der Waals surface area (Å²) in [6.07, 6.45) is 2.86. The summed E-state index contributed by atoms with van der Waals surface area (Å²) in [7, 11) is -2.99. The van der Waals surface area contributed by atoms with Gasteiger partial charge in [0.05, 0.1) is 74.2 Å². The Labute approximate surface area is 446 Å². The van der Waals surface area contributed by atoms with E-state index in [0.717, 1.165) is 46.5 Å². The van der Waals surface area contributed by atoms with Gasteiger partial charge >= 0.3 is 0 Å². The minimum atomic E-state index is -3.52. The normalized spacial score (nSPS) is 16.5. The topological polar surface area (TPSA) is 147 Å². The average molecular weight is 1120 g/mol. The summed E-state index contributed by atoms with van der Waals surface area (Å²) in [5.74, 6) is 0.000974. The van der Waals surface area contributed by atoms with E-state index in [9.17, 15) is 21.6 Å². The molecule has 13 nitrogen and oxygen atoms in total. The summed E-state index contributed by atoms with van der Waals surface area (Å²) in [5, 5.41) is 2.36. The molecule has 4 aromatic carbocycles. The summed E-state index contributed by atoms with van der Waals surface area (Å²) in [6, 6.07) is 21.7. The number of ether oxygens (including phenoxy) is 6. The van der Waals surface area contributed by atoms with Crippen molar-refractivity contribution in [1.29, 1.82) is 0 Å². The van der Waals surface area contributed by atoms with Crippen molar-refractivity contribution in [3.05, 3.63) is 126 Å². The molecular weight excluding hydrogens is 1050 g/mol. The second-order valence-corrected chi connectivity index (χ2v) is 24.2. The number of ketones is 1. The number of hydrogen-bond donors (Lipinski definition) is 0. The number of carbonyl (C=O) groups excluding carboxylic acids is 1. The molecule has 2 aliphatic rings. The van der Waals surface area contributed by atoms with Crippen LogP contribution in [0.5, 0.6) is 0 Å². The Bertz CT molecular complexity index is 2430. The van der Waals surface area contributed by atoms with Crippen molar-refractivity contribution in [2.75, 3.05) is 118 Å². The molecule has 6 rings (SSSR count). The number of fused-ring (bicyclic) bond motifs is 2. The van der Waals surface area contributed by atoms with Crippen LogP contribution in [-0.2, 0) is 66.0 Å². The lowest BCUT2D eigenvalue weighted by Gasteiger charge is -2.33. The molecule has 19 heteroatoms. The van der Waals surface area contributed by atoms with E-state index in [-0.39, 0.29) is 38.9 Å². The van der Waals surface area contributed by atoms with Crippen LogP contribution in [0, 0.1) is 0 Å². The maximum atomic E-state index is 13.2. The smallest absolute Gasteiger partial charge is 0.178 e. The number of hydrogen-bond acceptors (Lipinski definition) is 13. The molecule has 0 aromatic heterocycles. The molecule has 72 heavy (non-hydrogen) atoms. The minimum absolute atomic E-state index is 0.0287. The van der Waals surface area contributed by atoms with Crippen LogP contribution >= 0.6 is 46.4 Å². The first-order valence-electron chi connectivity index (χ1n) is 24.6. The molecule has 0 aliphatic carbocycles. The molecule has 0 saturated carbocycles. The highest BCUT2D eigenvalue weighted by molar-refractivity contribution is 7.91. The summed E-state index contributed by atoms with van der Waals surface area (Å²) in [6.45, 7) is 7.37. The molecule has 396 valence electrons. The molecule has 0 bridgehead atoms. The summed E-state index contributed by atoms with van der Waals surface area (Å²) in [5.41, 5.74) is 5.90. The number of carbonyl (C=O) groups is 1. The van der Waals surface area contributed by atoms with Gasteiger partial charge in [-0.2, -0.15) is 0 Å². The van der Waals surface area contributed by atoms with Gasteiger partial charge in [-0.25, -0.2) is 16.8 Å². The van der Waals surface area contributed by atoms with E-state index >= 15 is 0 Å². The van der Waals surface area contributed by atoms with Crippen LogP contribution in [0.2, 0.25) is 20.1 Å². The summed E-state index contributed by atoms with van der Waals surface area (Å²) in [4.78, 5) is 17.2. The van der Waals surface area contributed by atoms with E-state index in [1.165, 1.54) is 0 Å². The van der Waals surface area contributed by atoms with Gasteiger partial charge in [-0.3, -0.25) is 4.79 Å². The third kappa shape index (κ3) is 18.2. The fourth-order valence-electron chi connectivity index (χ4n) is 9.00. The van der Waals surface area contributed by atoms with E-state index in [4.69, 9.17) is 74.8 Å². The Hall–Kier alpha value is -2.71. The quantitative estimate of drug-likeness (QED) is 0.0428. The lowest BCUT2D eigenvalue weighted by molar-refractivity contribution is -0.119. The van der Waals surface area contributed by atoms with Gasteiger partial charge in [0.2, 0.25) is 0 Å². The largest absolute Gasteiger partial charge is 0.379 e. The first-order chi connectivity index (χ1) is 34.6. The Morgan fingerprint density at radius 1 is 0.500 bits per heavy atom. The van der Waals surface area contributed by atoms with Gasteiger partial charge < -0.3 is 38.2 Å². The van der Waals surface area contributed by atoms with Crippen LogP contribution in [-0.4, -0.2) is 150 Å². The molecule has 0 saturated heterocycles. The number of halogens is 4. The van der Waals surface area contributed by atoms with Gasteiger partial charge in [-0.1, -0.05) is 70.7 Å². The van der Waals surface area contributed by atoms with Crippen molar-refractivity contribution in [3.63, 3.8) is 0 Å². The Morgan fingerprint density at radius 2 is 0.847 bits per heavy atom. The second-order valence-electron chi connectivity index (χ2n) is 18.3. The summed E-state index contributed by atoms with van der Waals surface area (Å²) < 4.78 is 86.5. The van der Waals surface area contributed by atoms with Crippen LogP contribution in [0.25, 0.3) is 0 Å². The monoisotopic (exact) mass is 1110 g/mol. The predicted molar refractivity (Wildman–Crippen MR) is 284 cm³/mol. The van der Waals surface area contributed by atoms with Gasteiger partial charge in [0.1, 0.15) is 5.78 Å². The van der Waals surface area contributed by atoms with Crippen LogP contribution in [0.4, 0.5) is 0 Å². The average Bonchev–Trinajstić information content (AvgIpc) is 3.34. The Kier molecular flexibility index (Phi) is 24.0. The fraction of sp³-hybridized carbons (Fsp3) is 0.528. The van der Waals surface area contributed by atoms with Crippen molar-refractivity contribution >= 4 is 71.9 Å². The van der Waals surface area contributed by atoms with Crippen molar-refractivity contribution < 1.29 is 50.1 Å². The SMILES string of the molecule is CN1Cc2c(Cl)cc(Cl)cc2C(c2cccc(S(=O)(=O)CCCOCCOCCOCCCC(=O)CCCOCCOCCOCCCS(=O)(=O)c3cccc(C4CN(C)Cc5c(Cl)cc(Cl)cc54)c3)c2)C1. The maximum absolute atomic E-state index is 13.2. The molecule has 0 radical (unpaired) electrons. The van der Waals surface area contributed by atoms with Gasteiger partial charge in [0.25, 0.3) is 0 Å². The first-order valence-corrected chi connectivity index (χ1v) is 29.4. The number of likely N-dealkylation sites (N-methyl/N-ethyl adjacent to an activating group) is 2. The molecule has 0 N–H and O–H groups in total. The van der Waals surface area contributed by atoms with E-state index in [1.807, 2.05) is 38.4 Å². The molecule has 0 spiro atoms. The molecule has 2 aliphatic heterocycles. The number of Topliss-reactive ketones (excluding diaryl/α,β-unsaturated/α-hetero) is 1. The minimum Gasteiger partial charge on any atom is -0.379 e. The van der Waals surface area contributed by atoms with Gasteiger partial charge in [0.15, 0.2) is 19.7 Å².